The molecule has 0 aliphatic carbocycles. The molecule has 3 fully saturated rings. The number of nitrogens with zero attached hydrogens (tertiary/aromatic N) is 1. The molecule has 0 aromatic rings. The van der Waals surface area contributed by atoms with Crippen LogP contribution in [0.25, 0.3) is 0 Å². The number of carbonyl (C=O) groups excluding carboxylic acids is 3. The molecule has 17 nitrogen and oxygen atoms in total. The first-order valence-corrected chi connectivity index (χ1v) is 18.2. The first-order valence-electron chi connectivity index (χ1n) is 18.2. The lowest BCUT2D eigenvalue weighted by Crippen LogP contribution is -2.69. The zero-order chi connectivity index (χ0) is 40.2. The quantitative estimate of drug-likeness (QED) is 0.0270. The van der Waals surface area contributed by atoms with E-state index in [2.05, 4.69) is 22.2 Å². The Bertz CT molecular complexity index is 1420. The number of guanidine groups is 1. The molecule has 0 aromatic carbocycles. The third-order valence-electron chi connectivity index (χ3n) is 10.4. The standard InChI is InChI=1S/C37H59N5O12/c1-21-19-37(50-7,54-23(3)22(21)2)30(45)32(46)42-33-29-28(51-20-52-33)31(49-6)36(4,5)26(53-29)18-24(43)14-11-9-8-10-12-16-27(44)41-25(34(47)48)15-13-17-40-35(38)39/h8,10,12,16,22-23,25-26,28-31,33,45H,1,9,11,13-15,17-20H2,2-7H3,(H,41,44)(H,42,46)(H,47,48)(H4,38,39,40)/b10-8+,16-12+/t22-,23-,25+,26-,28?,29?,30-,31-,33?,37-/m1/s1. The number of ether oxygens (including phenoxy) is 6. The average molecular weight is 766 g/mol. The van der Waals surface area contributed by atoms with Crippen LogP contribution in [0.4, 0.5) is 0 Å². The number of aliphatic hydroxyl groups is 1. The second kappa shape index (κ2) is 20.3. The number of carbonyl (C=O) groups is 4. The van der Waals surface area contributed by atoms with Crippen molar-refractivity contribution in [3.63, 3.8) is 0 Å². The normalized spacial score (nSPS) is 30.6. The van der Waals surface area contributed by atoms with Crippen LogP contribution in [0, 0.1) is 11.3 Å². The minimum atomic E-state index is -1.72. The number of aliphatic hydroxyl groups excluding tert-OH is 1. The minimum Gasteiger partial charge on any atom is -0.480 e. The lowest BCUT2D eigenvalue weighted by atomic mass is 9.72. The molecule has 3 aliphatic heterocycles. The number of carboxylic acid groups (broad SMARTS) is 1. The number of amides is 2. The Morgan fingerprint density at radius 3 is 2.46 bits per heavy atom. The number of hydrogen-bond donors (Lipinski definition) is 6. The molecule has 0 radical (unpaired) electrons. The van der Waals surface area contributed by atoms with Gasteiger partial charge in [0.25, 0.3) is 5.91 Å². The number of hydrogen-bond acceptors (Lipinski definition) is 12. The van der Waals surface area contributed by atoms with Crippen molar-refractivity contribution in [3.05, 3.63) is 36.5 Å². The Labute approximate surface area is 316 Å². The first kappa shape index (κ1) is 44.7. The number of nitrogens with two attached hydrogens (primary N) is 2. The number of methoxy groups -OCH3 is 2. The number of carboxylic acids is 1. The van der Waals surface area contributed by atoms with Gasteiger partial charge in [-0.05, 0) is 32.6 Å². The molecule has 3 aliphatic rings. The Kier molecular flexibility index (Phi) is 16.8. The van der Waals surface area contributed by atoms with E-state index >= 15 is 0 Å². The Hall–Kier alpha value is -3.71. The molecule has 0 saturated carbocycles. The molecule has 10 atom stereocenters. The maximum atomic E-state index is 13.5. The molecule has 3 rings (SSSR count). The molecule has 0 spiro atoms. The molecule has 2 amide bonds. The molecule has 0 aromatic heterocycles. The van der Waals surface area contributed by atoms with E-state index in [1.165, 1.54) is 19.3 Å². The van der Waals surface area contributed by atoms with Gasteiger partial charge in [-0.15, -0.1) is 0 Å². The maximum Gasteiger partial charge on any atom is 0.326 e. The van der Waals surface area contributed by atoms with E-state index in [4.69, 9.17) is 39.9 Å². The van der Waals surface area contributed by atoms with Crippen molar-refractivity contribution in [2.75, 3.05) is 27.6 Å². The number of Topliss-reactive ketones (excluding diaryl/α,β-unsaturated/α-hetero) is 1. The Balaban J connectivity index is 1.54. The van der Waals surface area contributed by atoms with Gasteiger partial charge < -0.3 is 60.7 Å². The molecule has 3 saturated heterocycles. The Morgan fingerprint density at radius 1 is 1.11 bits per heavy atom. The van der Waals surface area contributed by atoms with Crippen molar-refractivity contribution in [1.29, 1.82) is 0 Å². The van der Waals surface area contributed by atoms with Crippen molar-refractivity contribution in [3.8, 4) is 0 Å². The summed E-state index contributed by atoms with van der Waals surface area (Å²) in [6.07, 6.45) is 2.46. The SMILES string of the molecule is C=C1C[C@](OC)([C@H](O)C(=O)NC2OCOC3C2O[C@H](CC(=O)CCC/C=C/C=C/C(=O)N[C@@H](CCCN=C(N)N)C(=O)O)C(C)(C)[C@@H]3OC)O[C@H](C)[C@@H]1C. The summed E-state index contributed by atoms with van der Waals surface area (Å²) in [4.78, 5) is 54.1. The fourth-order valence-electron chi connectivity index (χ4n) is 6.91. The van der Waals surface area contributed by atoms with Gasteiger partial charge >= 0.3 is 5.97 Å². The summed E-state index contributed by atoms with van der Waals surface area (Å²) in [5, 5.41) is 25.7. The van der Waals surface area contributed by atoms with Crippen molar-refractivity contribution < 1.29 is 57.8 Å². The summed E-state index contributed by atoms with van der Waals surface area (Å²) in [6.45, 7) is 11.8. The van der Waals surface area contributed by atoms with Gasteiger partial charge in [0.1, 0.15) is 30.8 Å². The van der Waals surface area contributed by atoms with Crippen molar-refractivity contribution in [2.45, 2.75) is 127 Å². The van der Waals surface area contributed by atoms with Gasteiger partial charge in [-0.3, -0.25) is 19.4 Å². The highest BCUT2D eigenvalue weighted by Gasteiger charge is 2.57. The minimum absolute atomic E-state index is 0.00820. The van der Waals surface area contributed by atoms with Crippen LogP contribution in [-0.4, -0.2) is 122 Å². The van der Waals surface area contributed by atoms with E-state index in [9.17, 15) is 29.4 Å². The summed E-state index contributed by atoms with van der Waals surface area (Å²) in [7, 11) is 2.91. The highest BCUT2D eigenvalue weighted by molar-refractivity contribution is 5.91. The number of nitrogens with one attached hydrogen (secondary N) is 2. The summed E-state index contributed by atoms with van der Waals surface area (Å²) < 4.78 is 35.7. The van der Waals surface area contributed by atoms with Crippen molar-refractivity contribution in [1.82, 2.24) is 10.6 Å². The third kappa shape index (κ3) is 11.6. The monoisotopic (exact) mass is 765 g/mol. The Morgan fingerprint density at radius 2 is 1.83 bits per heavy atom. The van der Waals surface area contributed by atoms with Crippen molar-refractivity contribution in [2.24, 2.45) is 27.8 Å². The van der Waals surface area contributed by atoms with Crippen LogP contribution in [0.15, 0.2) is 41.4 Å². The molecule has 3 unspecified atom stereocenters. The van der Waals surface area contributed by atoms with E-state index < -0.39 is 71.8 Å². The largest absolute Gasteiger partial charge is 0.480 e. The van der Waals surface area contributed by atoms with Crippen LogP contribution < -0.4 is 22.1 Å². The molecular weight excluding hydrogens is 706 g/mol. The van der Waals surface area contributed by atoms with Crippen LogP contribution >= 0.6 is 0 Å². The molecule has 17 heteroatoms. The number of rotatable bonds is 19. The van der Waals surface area contributed by atoms with Crippen LogP contribution in [0.3, 0.4) is 0 Å². The lowest BCUT2D eigenvalue weighted by molar-refractivity contribution is -0.330. The zero-order valence-electron chi connectivity index (χ0n) is 32.2. The van der Waals surface area contributed by atoms with Gasteiger partial charge in [0, 0.05) is 57.4 Å². The number of ketones is 1. The number of unbranched alkanes of at least 4 members (excludes halogenated alkanes) is 1. The van der Waals surface area contributed by atoms with E-state index in [1.54, 1.807) is 19.3 Å². The molecule has 3 heterocycles. The summed E-state index contributed by atoms with van der Waals surface area (Å²) >= 11 is 0. The van der Waals surface area contributed by atoms with Gasteiger partial charge in [0.05, 0.1) is 18.3 Å². The summed E-state index contributed by atoms with van der Waals surface area (Å²) in [5.74, 6) is -4.28. The highest BCUT2D eigenvalue weighted by atomic mass is 16.7. The van der Waals surface area contributed by atoms with Crippen LogP contribution in [0.1, 0.15) is 72.6 Å². The van der Waals surface area contributed by atoms with Crippen LogP contribution in [0.5, 0.6) is 0 Å². The zero-order valence-corrected chi connectivity index (χ0v) is 32.2. The van der Waals surface area contributed by atoms with E-state index in [0.717, 1.165) is 5.57 Å². The predicted molar refractivity (Wildman–Crippen MR) is 196 cm³/mol. The molecule has 8 N–H and O–H groups in total. The second-order valence-corrected chi connectivity index (χ2v) is 14.5. The fraction of sp³-hybridized carbons (Fsp3) is 0.703. The second-order valence-electron chi connectivity index (χ2n) is 14.5. The predicted octanol–water partition coefficient (Wildman–Crippen LogP) is 1.18. The number of aliphatic imine (C=N–C) groups is 1. The number of fused-ring (bicyclic) bond motifs is 1. The summed E-state index contributed by atoms with van der Waals surface area (Å²) in [6, 6.07) is -1.08. The molecular formula is C37H59N5O12. The van der Waals surface area contributed by atoms with E-state index in [-0.39, 0.29) is 62.8 Å². The van der Waals surface area contributed by atoms with Crippen molar-refractivity contribution >= 4 is 29.5 Å². The van der Waals surface area contributed by atoms with Gasteiger partial charge in [0.2, 0.25) is 11.7 Å². The molecule has 54 heavy (non-hydrogen) atoms. The molecule has 0 bridgehead atoms. The van der Waals surface area contributed by atoms with Crippen LogP contribution in [-0.2, 0) is 47.6 Å². The first-order chi connectivity index (χ1) is 25.5. The third-order valence-corrected chi connectivity index (χ3v) is 10.4. The molecule has 304 valence electrons. The highest BCUT2D eigenvalue weighted by Crippen LogP contribution is 2.44. The van der Waals surface area contributed by atoms with E-state index in [1.807, 2.05) is 27.7 Å². The van der Waals surface area contributed by atoms with Gasteiger partial charge in [-0.2, -0.15) is 0 Å². The fourth-order valence-corrected chi connectivity index (χ4v) is 6.91. The summed E-state index contributed by atoms with van der Waals surface area (Å²) in [5.41, 5.74) is 10.6. The van der Waals surface area contributed by atoms with Crippen LogP contribution in [0.2, 0.25) is 0 Å². The number of allylic oxidation sites excluding steroid dienone is 3. The van der Waals surface area contributed by atoms with Gasteiger partial charge in [0.15, 0.2) is 18.3 Å². The smallest absolute Gasteiger partial charge is 0.326 e. The van der Waals surface area contributed by atoms with E-state index in [0.29, 0.717) is 19.3 Å². The van der Waals surface area contributed by atoms with Gasteiger partial charge in [-0.1, -0.05) is 51.2 Å². The average Bonchev–Trinajstić information content (AvgIpc) is 3.11. The van der Waals surface area contributed by atoms with Gasteiger partial charge in [-0.25, -0.2) is 4.79 Å². The lowest BCUT2D eigenvalue weighted by Gasteiger charge is -2.54. The maximum absolute atomic E-state index is 13.5. The topological polar surface area (TPSA) is 253 Å². The number of aliphatic carboxylic acids is 1.